The number of thiocarbonyl (C=S) groups is 1. The molecule has 0 bridgehead atoms. The fraction of sp³-hybridized carbons (Fsp3) is 0.125. The Bertz CT molecular complexity index is 1150. The van der Waals surface area contributed by atoms with Crippen LogP contribution in [0, 0.1) is 0 Å². The summed E-state index contributed by atoms with van der Waals surface area (Å²) in [6, 6.07) is 24.0. The van der Waals surface area contributed by atoms with Gasteiger partial charge in [-0.3, -0.25) is 9.97 Å². The van der Waals surface area contributed by atoms with Gasteiger partial charge in [-0.25, -0.2) is 0 Å². The van der Waals surface area contributed by atoms with Crippen LogP contribution in [0.25, 0.3) is 0 Å². The number of hydrogen-bond donors (Lipinski definition) is 1. The van der Waals surface area contributed by atoms with Crippen LogP contribution in [0.2, 0.25) is 0 Å². The van der Waals surface area contributed by atoms with Crippen LogP contribution in [0.5, 0.6) is 0 Å². The van der Waals surface area contributed by atoms with Gasteiger partial charge in [0.25, 0.3) is 0 Å². The normalized spacial score (nSPS) is 18.2. The van der Waals surface area contributed by atoms with E-state index in [-0.39, 0.29) is 12.1 Å². The van der Waals surface area contributed by atoms with Crippen molar-refractivity contribution < 1.29 is 4.42 Å². The van der Waals surface area contributed by atoms with E-state index in [1.165, 1.54) is 0 Å². The maximum absolute atomic E-state index is 6.32. The second-order valence-corrected chi connectivity index (χ2v) is 8.65. The van der Waals surface area contributed by atoms with E-state index in [1.807, 2.05) is 60.8 Å². The van der Waals surface area contributed by atoms with Gasteiger partial charge in [-0.05, 0) is 60.2 Å². The summed E-state index contributed by atoms with van der Waals surface area (Å²) in [5.74, 6) is 0.852. The molecule has 154 valence electrons. The molecular formula is C24H20N4OS2. The molecule has 3 aromatic heterocycles. The second kappa shape index (κ2) is 8.91. The molecule has 1 saturated heterocycles. The highest BCUT2D eigenvalue weighted by Gasteiger charge is 2.41. The van der Waals surface area contributed by atoms with Gasteiger partial charge in [-0.15, -0.1) is 0 Å². The molecular weight excluding hydrogens is 424 g/mol. The first-order valence-corrected chi connectivity index (χ1v) is 11.2. The average molecular weight is 445 g/mol. The van der Waals surface area contributed by atoms with E-state index in [0.29, 0.717) is 11.7 Å². The van der Waals surface area contributed by atoms with Crippen LogP contribution < -0.4 is 5.32 Å². The number of aromatic nitrogens is 2. The highest BCUT2D eigenvalue weighted by molar-refractivity contribution is 7.99. The number of nitrogens with one attached hydrogen (secondary N) is 1. The highest BCUT2D eigenvalue weighted by Crippen LogP contribution is 2.41. The molecule has 1 aliphatic heterocycles. The molecule has 0 radical (unpaired) electrons. The Hall–Kier alpha value is -3.16. The van der Waals surface area contributed by atoms with E-state index in [1.54, 1.807) is 24.2 Å². The molecule has 0 saturated carbocycles. The zero-order valence-electron chi connectivity index (χ0n) is 16.6. The minimum Gasteiger partial charge on any atom is -0.452 e. The topological polar surface area (TPSA) is 54.2 Å². The minimum atomic E-state index is -0.118. The third-order valence-corrected chi connectivity index (χ3v) is 6.41. The molecule has 0 amide bonds. The lowest BCUT2D eigenvalue weighted by atomic mass is 10.0. The molecule has 2 atom stereocenters. The third kappa shape index (κ3) is 4.33. The Kier molecular flexibility index (Phi) is 5.69. The van der Waals surface area contributed by atoms with Crippen LogP contribution in [0.15, 0.2) is 106 Å². The fourth-order valence-corrected chi connectivity index (χ4v) is 4.83. The SMILES string of the molecule is S=C1N[C@H](c2ccccn2)[C@H](c2ccc(Sc3ccccc3)o2)N1Cc1cccnc1. The summed E-state index contributed by atoms with van der Waals surface area (Å²) in [6.45, 7) is 0.634. The first kappa shape index (κ1) is 19.8. The summed E-state index contributed by atoms with van der Waals surface area (Å²) >= 11 is 7.33. The van der Waals surface area contributed by atoms with Gasteiger partial charge in [0.15, 0.2) is 10.2 Å². The van der Waals surface area contributed by atoms with Crippen molar-refractivity contribution in [3.05, 3.63) is 108 Å². The number of rotatable bonds is 6. The van der Waals surface area contributed by atoms with E-state index in [2.05, 4.69) is 38.4 Å². The standard InChI is InChI=1S/C24H20N4OS2/c30-24-27-22(19-10-4-5-14-26-19)23(28(24)16-17-7-6-13-25-15-17)20-11-12-21(29-20)31-18-8-2-1-3-9-18/h1-15,22-23H,16H2,(H,27,30)/t22-,23+/m1/s1. The van der Waals surface area contributed by atoms with Crippen molar-refractivity contribution in [3.63, 3.8) is 0 Å². The zero-order chi connectivity index (χ0) is 21.0. The van der Waals surface area contributed by atoms with Gasteiger partial charge in [0, 0.05) is 30.0 Å². The van der Waals surface area contributed by atoms with Gasteiger partial charge < -0.3 is 14.6 Å². The van der Waals surface area contributed by atoms with Crippen LogP contribution in [0.3, 0.4) is 0 Å². The van der Waals surface area contributed by atoms with Gasteiger partial charge >= 0.3 is 0 Å². The molecule has 5 nitrogen and oxygen atoms in total. The molecule has 4 aromatic rings. The van der Waals surface area contributed by atoms with Gasteiger partial charge in [0.1, 0.15) is 11.8 Å². The lowest BCUT2D eigenvalue weighted by Gasteiger charge is -2.26. The quantitative estimate of drug-likeness (QED) is 0.400. The lowest BCUT2D eigenvalue weighted by Crippen LogP contribution is -2.29. The first-order chi connectivity index (χ1) is 15.3. The maximum atomic E-state index is 6.32. The number of pyridine rings is 2. The molecule has 5 rings (SSSR count). The summed E-state index contributed by atoms with van der Waals surface area (Å²) in [6.07, 6.45) is 5.45. The molecule has 0 aliphatic carbocycles. The summed E-state index contributed by atoms with van der Waals surface area (Å²) < 4.78 is 6.32. The van der Waals surface area contributed by atoms with Crippen molar-refractivity contribution in [2.45, 2.75) is 28.6 Å². The summed E-state index contributed by atoms with van der Waals surface area (Å²) in [4.78, 5) is 12.1. The minimum absolute atomic E-state index is 0.105. The first-order valence-electron chi connectivity index (χ1n) is 9.97. The van der Waals surface area contributed by atoms with E-state index in [4.69, 9.17) is 16.6 Å². The van der Waals surface area contributed by atoms with E-state index in [0.717, 1.165) is 27.0 Å². The highest BCUT2D eigenvalue weighted by atomic mass is 32.2. The molecule has 0 spiro atoms. The Morgan fingerprint density at radius 1 is 0.968 bits per heavy atom. The van der Waals surface area contributed by atoms with Crippen LogP contribution in [0.4, 0.5) is 0 Å². The predicted octanol–water partition coefficient (Wildman–Crippen LogP) is 5.39. The zero-order valence-corrected chi connectivity index (χ0v) is 18.2. The largest absolute Gasteiger partial charge is 0.452 e. The van der Waals surface area contributed by atoms with Crippen LogP contribution >= 0.6 is 24.0 Å². The summed E-state index contributed by atoms with van der Waals surface area (Å²) in [5, 5.41) is 4.98. The van der Waals surface area contributed by atoms with Crippen LogP contribution in [0.1, 0.15) is 29.1 Å². The van der Waals surface area contributed by atoms with Gasteiger partial charge in [0.2, 0.25) is 0 Å². The monoisotopic (exact) mass is 444 g/mol. The van der Waals surface area contributed by atoms with Crippen LogP contribution in [-0.2, 0) is 6.54 Å². The number of hydrogen-bond acceptors (Lipinski definition) is 5. The molecule has 1 aromatic carbocycles. The summed E-state index contributed by atoms with van der Waals surface area (Å²) in [7, 11) is 0. The van der Waals surface area contributed by atoms with Crippen molar-refractivity contribution in [2.75, 3.05) is 0 Å². The second-order valence-electron chi connectivity index (χ2n) is 7.19. The van der Waals surface area contributed by atoms with E-state index >= 15 is 0 Å². The lowest BCUT2D eigenvalue weighted by molar-refractivity contribution is 0.254. The van der Waals surface area contributed by atoms with Crippen molar-refractivity contribution >= 4 is 29.1 Å². The number of nitrogens with zero attached hydrogens (tertiary/aromatic N) is 3. The van der Waals surface area contributed by atoms with E-state index in [9.17, 15) is 0 Å². The number of furan rings is 1. The van der Waals surface area contributed by atoms with Gasteiger partial charge in [0.05, 0.1) is 11.7 Å². The molecule has 0 unspecified atom stereocenters. The third-order valence-electron chi connectivity index (χ3n) is 5.13. The smallest absolute Gasteiger partial charge is 0.170 e. The Morgan fingerprint density at radius 2 is 1.84 bits per heavy atom. The van der Waals surface area contributed by atoms with E-state index < -0.39 is 0 Å². The van der Waals surface area contributed by atoms with Gasteiger partial charge in [-0.1, -0.05) is 42.1 Å². The van der Waals surface area contributed by atoms with Crippen molar-refractivity contribution in [1.29, 1.82) is 0 Å². The van der Waals surface area contributed by atoms with Crippen molar-refractivity contribution in [2.24, 2.45) is 0 Å². The Balaban J connectivity index is 1.48. The maximum Gasteiger partial charge on any atom is 0.170 e. The summed E-state index contributed by atoms with van der Waals surface area (Å²) in [5.41, 5.74) is 2.01. The molecule has 7 heteroatoms. The van der Waals surface area contributed by atoms with Crippen LogP contribution in [-0.4, -0.2) is 20.0 Å². The molecule has 31 heavy (non-hydrogen) atoms. The molecule has 1 N–H and O–H groups in total. The average Bonchev–Trinajstić information content (AvgIpc) is 3.40. The van der Waals surface area contributed by atoms with Crippen molar-refractivity contribution in [1.82, 2.24) is 20.2 Å². The molecule has 4 heterocycles. The van der Waals surface area contributed by atoms with Gasteiger partial charge in [-0.2, -0.15) is 0 Å². The fourth-order valence-electron chi connectivity index (χ4n) is 3.73. The molecule has 1 aliphatic rings. The predicted molar refractivity (Wildman–Crippen MR) is 125 cm³/mol. The van der Waals surface area contributed by atoms with Crippen molar-refractivity contribution in [3.8, 4) is 0 Å². The molecule has 1 fully saturated rings. The Labute approximate surface area is 190 Å². The Morgan fingerprint density at radius 3 is 2.61 bits per heavy atom. The number of benzene rings is 1.